The van der Waals surface area contributed by atoms with Crippen molar-refractivity contribution in [2.75, 3.05) is 26.2 Å². The zero-order chi connectivity index (χ0) is 23.0. The van der Waals surface area contributed by atoms with Gasteiger partial charge >= 0.3 is 5.76 Å². The molecule has 11 heteroatoms. The maximum atomic E-state index is 12.8. The Kier molecular flexibility index (Phi) is 5.59. The number of benzene rings is 2. The van der Waals surface area contributed by atoms with Gasteiger partial charge in [-0.25, -0.2) is 13.2 Å². The average molecular weight is 474 g/mol. The maximum absolute atomic E-state index is 12.8. The number of rotatable bonds is 6. The number of oxazole rings is 1. The number of fused-ring (bicyclic) bond motifs is 2. The van der Waals surface area contributed by atoms with E-state index in [1.807, 2.05) is 18.2 Å². The number of sulfonamides is 1. The van der Waals surface area contributed by atoms with Gasteiger partial charge in [0.1, 0.15) is 19.3 Å². The third-order valence-corrected chi connectivity index (χ3v) is 7.63. The first-order chi connectivity index (χ1) is 15.9. The molecule has 174 valence electrons. The molecule has 3 heterocycles. The second kappa shape index (κ2) is 8.56. The number of aromatic nitrogens is 1. The van der Waals surface area contributed by atoms with Crippen molar-refractivity contribution in [2.24, 2.45) is 0 Å². The highest BCUT2D eigenvalue weighted by Crippen LogP contribution is 2.30. The molecule has 1 atom stereocenters. The van der Waals surface area contributed by atoms with Gasteiger partial charge in [-0.05, 0) is 37.1 Å². The third-order valence-electron chi connectivity index (χ3n) is 5.74. The second-order valence-electron chi connectivity index (χ2n) is 8.00. The minimum Gasteiger partial charge on any atom is -0.486 e. The van der Waals surface area contributed by atoms with Crippen molar-refractivity contribution >= 4 is 27.0 Å². The van der Waals surface area contributed by atoms with Gasteiger partial charge in [0.05, 0.1) is 17.0 Å². The Labute approximate surface area is 189 Å². The van der Waals surface area contributed by atoms with E-state index in [1.165, 1.54) is 27.1 Å². The zero-order valence-corrected chi connectivity index (χ0v) is 18.5. The highest BCUT2D eigenvalue weighted by molar-refractivity contribution is 7.89. The van der Waals surface area contributed by atoms with Gasteiger partial charge in [-0.3, -0.25) is 9.36 Å². The average Bonchev–Trinajstić information content (AvgIpc) is 3.46. The van der Waals surface area contributed by atoms with Gasteiger partial charge in [0, 0.05) is 19.2 Å². The summed E-state index contributed by atoms with van der Waals surface area (Å²) in [6.45, 7) is 1.18. The summed E-state index contributed by atoms with van der Waals surface area (Å²) in [7, 11) is -3.64. The molecule has 33 heavy (non-hydrogen) atoms. The Bertz CT molecular complexity index is 1360. The van der Waals surface area contributed by atoms with Crippen LogP contribution in [0.25, 0.3) is 11.1 Å². The monoisotopic (exact) mass is 473 g/mol. The van der Waals surface area contributed by atoms with Crippen LogP contribution in [0.1, 0.15) is 12.8 Å². The molecule has 0 bridgehead atoms. The highest BCUT2D eigenvalue weighted by Gasteiger charge is 2.28. The topological polar surface area (TPSA) is 120 Å². The van der Waals surface area contributed by atoms with E-state index in [9.17, 15) is 18.0 Å². The van der Waals surface area contributed by atoms with E-state index in [-0.39, 0.29) is 29.7 Å². The SMILES string of the molecule is O=C(Cn1c(=O)oc2cc(S(=O)(=O)N3CCCC3)ccc21)NC[C@H]1COc2ccccc2O1. The number of hydrogen-bond donors (Lipinski definition) is 1. The molecule has 1 aromatic heterocycles. The Hall–Kier alpha value is -3.31. The fraction of sp³-hybridized carbons (Fsp3) is 0.364. The van der Waals surface area contributed by atoms with Crippen LogP contribution in [0.15, 0.2) is 56.6 Å². The summed E-state index contributed by atoms with van der Waals surface area (Å²) in [5.41, 5.74) is 0.468. The number of nitrogens with zero attached hydrogens (tertiary/aromatic N) is 2. The molecule has 0 aliphatic carbocycles. The Morgan fingerprint density at radius 1 is 1.09 bits per heavy atom. The van der Waals surface area contributed by atoms with Gasteiger partial charge in [0.25, 0.3) is 0 Å². The minimum absolute atomic E-state index is 0.0666. The van der Waals surface area contributed by atoms with Crippen molar-refractivity contribution in [1.82, 2.24) is 14.2 Å². The molecule has 1 fully saturated rings. The van der Waals surface area contributed by atoms with E-state index in [2.05, 4.69) is 5.32 Å². The number of hydrogen-bond acceptors (Lipinski definition) is 7. The molecular weight excluding hydrogens is 450 g/mol. The van der Waals surface area contributed by atoms with Crippen LogP contribution in [-0.2, 0) is 21.4 Å². The smallest absolute Gasteiger partial charge is 0.420 e. The zero-order valence-electron chi connectivity index (χ0n) is 17.7. The lowest BCUT2D eigenvalue weighted by atomic mass is 10.2. The van der Waals surface area contributed by atoms with E-state index in [4.69, 9.17) is 13.9 Å². The first kappa shape index (κ1) is 21.5. The lowest BCUT2D eigenvalue weighted by molar-refractivity contribution is -0.122. The van der Waals surface area contributed by atoms with Crippen LogP contribution in [0.2, 0.25) is 0 Å². The predicted octanol–water partition coefficient (Wildman–Crippen LogP) is 1.34. The summed E-state index contributed by atoms with van der Waals surface area (Å²) in [6, 6.07) is 11.5. The lowest BCUT2D eigenvalue weighted by Crippen LogP contribution is -2.42. The molecule has 3 aromatic rings. The van der Waals surface area contributed by atoms with Crippen LogP contribution >= 0.6 is 0 Å². The highest BCUT2D eigenvalue weighted by atomic mass is 32.2. The molecule has 1 N–H and O–H groups in total. The summed E-state index contributed by atoms with van der Waals surface area (Å²) in [4.78, 5) is 24.9. The van der Waals surface area contributed by atoms with Gasteiger partial charge in [0.15, 0.2) is 17.1 Å². The molecule has 0 unspecified atom stereocenters. The normalized spacial score (nSPS) is 18.5. The summed E-state index contributed by atoms with van der Waals surface area (Å²) in [5, 5.41) is 2.74. The Morgan fingerprint density at radius 2 is 1.85 bits per heavy atom. The van der Waals surface area contributed by atoms with Crippen molar-refractivity contribution in [3.05, 3.63) is 53.0 Å². The third kappa shape index (κ3) is 4.21. The predicted molar refractivity (Wildman–Crippen MR) is 118 cm³/mol. The van der Waals surface area contributed by atoms with E-state index < -0.39 is 21.7 Å². The first-order valence-electron chi connectivity index (χ1n) is 10.7. The van der Waals surface area contributed by atoms with Crippen LogP contribution < -0.4 is 20.5 Å². The molecule has 2 aliphatic rings. The van der Waals surface area contributed by atoms with Gasteiger partial charge in [-0.2, -0.15) is 4.31 Å². The van der Waals surface area contributed by atoms with Crippen molar-refractivity contribution in [2.45, 2.75) is 30.4 Å². The van der Waals surface area contributed by atoms with Crippen molar-refractivity contribution in [3.8, 4) is 11.5 Å². The minimum atomic E-state index is -3.64. The molecule has 0 saturated carbocycles. The molecule has 0 radical (unpaired) electrons. The van der Waals surface area contributed by atoms with E-state index in [0.29, 0.717) is 36.7 Å². The molecule has 5 rings (SSSR count). The number of nitrogens with one attached hydrogen (secondary N) is 1. The van der Waals surface area contributed by atoms with Crippen molar-refractivity contribution in [3.63, 3.8) is 0 Å². The van der Waals surface area contributed by atoms with Gasteiger partial charge in [0.2, 0.25) is 15.9 Å². The molecule has 1 saturated heterocycles. The quantitative estimate of drug-likeness (QED) is 0.574. The Balaban J connectivity index is 1.27. The lowest BCUT2D eigenvalue weighted by Gasteiger charge is -2.26. The molecule has 2 aromatic carbocycles. The van der Waals surface area contributed by atoms with Crippen LogP contribution in [0.3, 0.4) is 0 Å². The molecule has 0 spiro atoms. The maximum Gasteiger partial charge on any atom is 0.420 e. The molecule has 2 aliphatic heterocycles. The van der Waals surface area contributed by atoms with E-state index in [0.717, 1.165) is 12.8 Å². The number of carbonyl (C=O) groups is 1. The summed E-state index contributed by atoms with van der Waals surface area (Å²) < 4.78 is 44.8. The van der Waals surface area contributed by atoms with Crippen molar-refractivity contribution in [1.29, 1.82) is 0 Å². The largest absolute Gasteiger partial charge is 0.486 e. The summed E-state index contributed by atoms with van der Waals surface area (Å²) in [5.74, 6) is 0.125. The van der Waals surface area contributed by atoms with Gasteiger partial charge < -0.3 is 19.2 Å². The number of carbonyl (C=O) groups excluding carboxylic acids is 1. The van der Waals surface area contributed by atoms with E-state index >= 15 is 0 Å². The number of ether oxygens (including phenoxy) is 2. The van der Waals surface area contributed by atoms with Crippen LogP contribution in [0, 0.1) is 0 Å². The molecule has 10 nitrogen and oxygen atoms in total. The molecular formula is C22H23N3O7S. The van der Waals surface area contributed by atoms with Crippen molar-refractivity contribution < 1.29 is 27.1 Å². The van der Waals surface area contributed by atoms with Gasteiger partial charge in [-0.15, -0.1) is 0 Å². The van der Waals surface area contributed by atoms with Crippen LogP contribution in [-0.4, -0.2) is 55.5 Å². The van der Waals surface area contributed by atoms with Crippen LogP contribution in [0.5, 0.6) is 11.5 Å². The fourth-order valence-electron chi connectivity index (χ4n) is 4.03. The standard InChI is InChI=1S/C22H23N3O7S/c26-21(23-12-15-14-30-18-5-1-2-6-19(18)31-15)13-25-17-8-7-16(11-20(17)32-22(25)27)33(28,29)24-9-3-4-10-24/h1-2,5-8,11,15H,3-4,9-10,12-14H2,(H,23,26)/t15-/m0/s1. The Morgan fingerprint density at radius 3 is 2.64 bits per heavy atom. The van der Waals surface area contributed by atoms with Gasteiger partial charge in [-0.1, -0.05) is 12.1 Å². The molecule has 1 amide bonds. The number of amides is 1. The first-order valence-corrected chi connectivity index (χ1v) is 12.1. The van der Waals surface area contributed by atoms with Crippen LogP contribution in [0.4, 0.5) is 0 Å². The fourth-order valence-corrected chi connectivity index (χ4v) is 5.56. The van der Waals surface area contributed by atoms with E-state index in [1.54, 1.807) is 6.07 Å². The summed E-state index contributed by atoms with van der Waals surface area (Å²) in [6.07, 6.45) is 1.29. The summed E-state index contributed by atoms with van der Waals surface area (Å²) >= 11 is 0. The number of para-hydroxylation sites is 2. The second-order valence-corrected chi connectivity index (χ2v) is 9.93.